The quantitative estimate of drug-likeness (QED) is 0.507. The number of nitrogens with one attached hydrogen (secondary N) is 3. The second-order valence-electron chi connectivity index (χ2n) is 7.57. The van der Waals surface area contributed by atoms with E-state index in [-0.39, 0.29) is 18.0 Å². The predicted molar refractivity (Wildman–Crippen MR) is 96.7 cm³/mol. The lowest BCUT2D eigenvalue weighted by Gasteiger charge is -2.29. The molecule has 6 nitrogen and oxygen atoms in total. The summed E-state index contributed by atoms with van der Waals surface area (Å²) in [6, 6.07) is 0. The molecule has 1 atom stereocenters. The number of amides is 1. The van der Waals surface area contributed by atoms with Crippen molar-refractivity contribution >= 4 is 11.9 Å². The van der Waals surface area contributed by atoms with Crippen LogP contribution in [0.2, 0.25) is 0 Å². The summed E-state index contributed by atoms with van der Waals surface area (Å²) in [5, 5.41) is 9.30. The van der Waals surface area contributed by atoms with Crippen LogP contribution in [0.15, 0.2) is 4.99 Å². The van der Waals surface area contributed by atoms with Gasteiger partial charge in [0, 0.05) is 25.7 Å². The molecule has 1 rings (SSSR count). The first-order chi connectivity index (χ1) is 10.8. The van der Waals surface area contributed by atoms with Crippen molar-refractivity contribution in [3.63, 3.8) is 0 Å². The summed E-state index contributed by atoms with van der Waals surface area (Å²) >= 11 is 0. The highest BCUT2D eigenvalue weighted by Gasteiger charge is 2.15. The third-order valence-corrected chi connectivity index (χ3v) is 3.79. The van der Waals surface area contributed by atoms with Crippen molar-refractivity contribution in [3.8, 4) is 0 Å². The van der Waals surface area contributed by atoms with Gasteiger partial charge in [-0.3, -0.25) is 9.79 Å². The maximum atomic E-state index is 11.8. The van der Waals surface area contributed by atoms with Gasteiger partial charge in [-0.15, -0.1) is 0 Å². The molecule has 1 heterocycles. The van der Waals surface area contributed by atoms with E-state index in [1.54, 1.807) is 7.05 Å². The van der Waals surface area contributed by atoms with Crippen LogP contribution in [0, 0.1) is 5.92 Å². The van der Waals surface area contributed by atoms with E-state index >= 15 is 0 Å². The molecular weight excluding hydrogens is 290 g/mol. The molecule has 6 heteroatoms. The summed E-state index contributed by atoms with van der Waals surface area (Å²) in [4.78, 5) is 18.5. The Bertz CT molecular complexity index is 383. The van der Waals surface area contributed by atoms with Crippen LogP contribution in [0.4, 0.5) is 0 Å². The van der Waals surface area contributed by atoms with Crippen molar-refractivity contribution in [2.45, 2.75) is 52.5 Å². The SMILES string of the molecule is CN=C(NCC(=O)NC(C)(C)C)NCC(C)CN1CCCCC1. The lowest BCUT2D eigenvalue weighted by atomic mass is 10.1. The molecule has 0 aromatic heterocycles. The molecule has 1 unspecified atom stereocenters. The van der Waals surface area contributed by atoms with E-state index in [2.05, 4.69) is 32.8 Å². The molecule has 0 spiro atoms. The third-order valence-electron chi connectivity index (χ3n) is 3.79. The number of carbonyl (C=O) groups excluding carboxylic acids is 1. The number of hydrogen-bond acceptors (Lipinski definition) is 3. The molecule has 1 saturated heterocycles. The maximum absolute atomic E-state index is 11.8. The number of aliphatic imine (C=N–C) groups is 1. The molecule has 23 heavy (non-hydrogen) atoms. The van der Waals surface area contributed by atoms with Crippen LogP contribution in [-0.2, 0) is 4.79 Å². The molecule has 1 fully saturated rings. The van der Waals surface area contributed by atoms with Gasteiger partial charge in [0.1, 0.15) is 0 Å². The first-order valence-electron chi connectivity index (χ1n) is 8.78. The number of carbonyl (C=O) groups is 1. The fraction of sp³-hybridized carbons (Fsp3) is 0.882. The molecule has 134 valence electrons. The molecule has 0 aromatic carbocycles. The Labute approximate surface area is 141 Å². The molecule has 1 aliphatic rings. The summed E-state index contributed by atoms with van der Waals surface area (Å²) in [7, 11) is 1.73. The number of rotatable bonds is 6. The second-order valence-corrected chi connectivity index (χ2v) is 7.57. The van der Waals surface area contributed by atoms with Crippen molar-refractivity contribution in [2.75, 3.05) is 39.8 Å². The minimum absolute atomic E-state index is 0.0261. The molecule has 0 radical (unpaired) electrons. The standard InChI is InChI=1S/C17H35N5O/c1-14(13-22-9-7-6-8-10-22)11-19-16(18-5)20-12-15(23)21-17(2,3)4/h14H,6-13H2,1-5H3,(H,21,23)(H2,18,19,20). The fourth-order valence-electron chi connectivity index (χ4n) is 2.77. The van der Waals surface area contributed by atoms with E-state index in [4.69, 9.17) is 0 Å². The molecule has 0 aromatic rings. The molecule has 1 aliphatic heterocycles. The average molecular weight is 326 g/mol. The minimum atomic E-state index is -0.210. The van der Waals surface area contributed by atoms with Crippen LogP contribution in [0.5, 0.6) is 0 Å². The fourth-order valence-corrected chi connectivity index (χ4v) is 2.77. The van der Waals surface area contributed by atoms with Gasteiger partial charge >= 0.3 is 0 Å². The number of nitrogens with zero attached hydrogens (tertiary/aromatic N) is 2. The lowest BCUT2D eigenvalue weighted by molar-refractivity contribution is -0.121. The number of guanidine groups is 1. The third kappa shape index (κ3) is 9.43. The van der Waals surface area contributed by atoms with E-state index in [0.29, 0.717) is 11.9 Å². The highest BCUT2D eigenvalue weighted by molar-refractivity contribution is 5.86. The zero-order chi connectivity index (χ0) is 17.3. The van der Waals surface area contributed by atoms with E-state index in [9.17, 15) is 4.79 Å². The maximum Gasteiger partial charge on any atom is 0.239 e. The van der Waals surface area contributed by atoms with Gasteiger partial charge < -0.3 is 20.9 Å². The highest BCUT2D eigenvalue weighted by Crippen LogP contribution is 2.10. The Kier molecular flexibility index (Phi) is 8.37. The van der Waals surface area contributed by atoms with Crippen molar-refractivity contribution < 1.29 is 4.79 Å². The number of likely N-dealkylation sites (tertiary alicyclic amines) is 1. The van der Waals surface area contributed by atoms with Crippen LogP contribution in [0.25, 0.3) is 0 Å². The van der Waals surface area contributed by atoms with Gasteiger partial charge in [0.05, 0.1) is 6.54 Å². The molecule has 3 N–H and O–H groups in total. The van der Waals surface area contributed by atoms with Crippen molar-refractivity contribution in [1.82, 2.24) is 20.9 Å². The zero-order valence-electron chi connectivity index (χ0n) is 15.5. The Morgan fingerprint density at radius 2 is 1.83 bits per heavy atom. The summed E-state index contributed by atoms with van der Waals surface area (Å²) in [6.07, 6.45) is 4.02. The lowest BCUT2D eigenvalue weighted by Crippen LogP contribution is -2.49. The van der Waals surface area contributed by atoms with Crippen LogP contribution < -0.4 is 16.0 Å². The first kappa shape index (κ1) is 19.7. The normalized spacial score (nSPS) is 18.4. The molecule has 0 saturated carbocycles. The van der Waals surface area contributed by atoms with Crippen molar-refractivity contribution in [1.29, 1.82) is 0 Å². The van der Waals surface area contributed by atoms with Gasteiger partial charge in [0.15, 0.2) is 5.96 Å². The van der Waals surface area contributed by atoms with Gasteiger partial charge in [-0.25, -0.2) is 0 Å². The summed E-state index contributed by atoms with van der Waals surface area (Å²) in [6.45, 7) is 12.8. The van der Waals surface area contributed by atoms with E-state index < -0.39 is 0 Å². The monoisotopic (exact) mass is 325 g/mol. The van der Waals surface area contributed by atoms with Crippen molar-refractivity contribution in [3.05, 3.63) is 0 Å². The summed E-state index contributed by atoms with van der Waals surface area (Å²) in [5.74, 6) is 1.21. The Hall–Kier alpha value is -1.30. The van der Waals surface area contributed by atoms with E-state index in [0.717, 1.165) is 13.1 Å². The minimum Gasteiger partial charge on any atom is -0.356 e. The first-order valence-corrected chi connectivity index (χ1v) is 8.78. The smallest absolute Gasteiger partial charge is 0.239 e. The summed E-state index contributed by atoms with van der Waals surface area (Å²) in [5.41, 5.74) is -0.210. The average Bonchev–Trinajstić information content (AvgIpc) is 2.46. The van der Waals surface area contributed by atoms with Crippen LogP contribution >= 0.6 is 0 Å². The number of hydrogen-bond donors (Lipinski definition) is 3. The van der Waals surface area contributed by atoms with Gasteiger partial charge in [-0.05, 0) is 52.6 Å². The Morgan fingerprint density at radius 1 is 1.17 bits per heavy atom. The van der Waals surface area contributed by atoms with Gasteiger partial charge in [0.2, 0.25) is 5.91 Å². The molecular formula is C17H35N5O. The van der Waals surface area contributed by atoms with Gasteiger partial charge in [-0.1, -0.05) is 13.3 Å². The molecule has 0 aliphatic carbocycles. The Balaban J connectivity index is 2.23. The largest absolute Gasteiger partial charge is 0.356 e. The molecule has 1 amide bonds. The molecule has 0 bridgehead atoms. The summed E-state index contributed by atoms with van der Waals surface area (Å²) < 4.78 is 0. The van der Waals surface area contributed by atoms with E-state index in [1.807, 2.05) is 20.8 Å². The highest BCUT2D eigenvalue weighted by atomic mass is 16.2. The van der Waals surface area contributed by atoms with Crippen molar-refractivity contribution in [2.24, 2.45) is 10.9 Å². The Morgan fingerprint density at radius 3 is 2.39 bits per heavy atom. The van der Waals surface area contributed by atoms with Crippen LogP contribution in [0.1, 0.15) is 47.0 Å². The topological polar surface area (TPSA) is 68.8 Å². The van der Waals surface area contributed by atoms with Crippen LogP contribution in [0.3, 0.4) is 0 Å². The van der Waals surface area contributed by atoms with E-state index in [1.165, 1.54) is 32.4 Å². The van der Waals surface area contributed by atoms with Crippen LogP contribution in [-0.4, -0.2) is 62.1 Å². The predicted octanol–water partition coefficient (Wildman–Crippen LogP) is 1.19. The number of piperidine rings is 1. The van der Waals surface area contributed by atoms with Gasteiger partial charge in [-0.2, -0.15) is 0 Å². The second kappa shape index (κ2) is 9.75. The zero-order valence-corrected chi connectivity index (χ0v) is 15.5. The van der Waals surface area contributed by atoms with Gasteiger partial charge in [0.25, 0.3) is 0 Å².